The minimum Gasteiger partial charge on any atom is -0.370 e. The number of halogens is 4. The first-order valence-corrected chi connectivity index (χ1v) is 8.47. The molecule has 0 aliphatic carbocycles. The summed E-state index contributed by atoms with van der Waals surface area (Å²) in [7, 11) is -3.26. The number of amides is 1. The van der Waals surface area contributed by atoms with Gasteiger partial charge < -0.3 is 25.8 Å². The standard InChI is InChI=1S/C13H14F3N4O4P.BrH/c1-20-9-3-6(5-25(22,23)24)2-8(13(14,15)16)7(9)4-10(20)11(21)19-12(17)18;/h2-4H,5H2,1H3,(H2,22,23,24)(H4,17,18,19,21);1H. The second-order valence-corrected chi connectivity index (χ2v) is 6.97. The molecular weight excluding hydrogens is 444 g/mol. The molecule has 0 atom stereocenters. The van der Waals surface area contributed by atoms with E-state index in [1.54, 1.807) is 0 Å². The highest BCUT2D eigenvalue weighted by Gasteiger charge is 2.35. The van der Waals surface area contributed by atoms with Gasteiger partial charge in [0.15, 0.2) is 5.96 Å². The molecule has 0 bridgehead atoms. The zero-order valence-corrected chi connectivity index (χ0v) is 15.8. The van der Waals surface area contributed by atoms with E-state index in [-0.39, 0.29) is 39.1 Å². The van der Waals surface area contributed by atoms with Crippen LogP contribution in [0, 0.1) is 0 Å². The van der Waals surface area contributed by atoms with Crippen LogP contribution in [-0.4, -0.2) is 26.2 Å². The summed E-state index contributed by atoms with van der Waals surface area (Å²) in [6.07, 6.45) is -5.66. The van der Waals surface area contributed by atoms with Crippen LogP contribution in [0.3, 0.4) is 0 Å². The number of aromatic nitrogens is 1. The first-order chi connectivity index (χ1) is 11.3. The van der Waals surface area contributed by atoms with Crippen LogP contribution in [0.2, 0.25) is 0 Å². The molecule has 1 aromatic carbocycles. The topological polar surface area (TPSA) is 144 Å². The van der Waals surface area contributed by atoms with Crippen LogP contribution in [0.15, 0.2) is 23.2 Å². The zero-order chi connectivity index (χ0) is 19.2. The van der Waals surface area contributed by atoms with E-state index in [9.17, 15) is 22.5 Å². The summed E-state index contributed by atoms with van der Waals surface area (Å²) in [5.41, 5.74) is 8.63. The summed E-state index contributed by atoms with van der Waals surface area (Å²) in [4.78, 5) is 33.3. The van der Waals surface area contributed by atoms with E-state index in [1.807, 2.05) is 0 Å². The Hall–Kier alpha value is -1.88. The number of aryl methyl sites for hydroxylation is 1. The van der Waals surface area contributed by atoms with E-state index in [2.05, 4.69) is 4.99 Å². The number of nitrogens with zero attached hydrogens (tertiary/aromatic N) is 2. The second kappa shape index (κ2) is 7.39. The molecule has 0 unspecified atom stereocenters. The third-order valence-electron chi connectivity index (χ3n) is 3.37. The Balaban J connectivity index is 0.00000338. The van der Waals surface area contributed by atoms with Crippen molar-refractivity contribution in [2.24, 2.45) is 23.5 Å². The Morgan fingerprint density at radius 1 is 1.27 bits per heavy atom. The molecule has 0 radical (unpaired) electrons. The maximum absolute atomic E-state index is 13.3. The number of hydrogen-bond acceptors (Lipinski definition) is 2. The molecule has 8 nitrogen and oxygen atoms in total. The molecule has 13 heteroatoms. The fourth-order valence-electron chi connectivity index (χ4n) is 2.43. The lowest BCUT2D eigenvalue weighted by Gasteiger charge is -2.12. The number of carbonyl (C=O) groups excluding carboxylic acids is 1. The average molecular weight is 459 g/mol. The molecule has 2 aromatic rings. The van der Waals surface area contributed by atoms with Gasteiger partial charge in [0.05, 0.1) is 11.7 Å². The quantitative estimate of drug-likeness (QED) is 0.314. The van der Waals surface area contributed by atoms with Gasteiger partial charge in [-0.25, -0.2) is 0 Å². The molecule has 1 aromatic heterocycles. The van der Waals surface area contributed by atoms with Crippen molar-refractivity contribution < 1.29 is 32.3 Å². The molecule has 0 aliphatic heterocycles. The summed E-state index contributed by atoms with van der Waals surface area (Å²) < 4.78 is 52.2. The Morgan fingerprint density at radius 2 is 1.85 bits per heavy atom. The molecule has 0 aliphatic rings. The Labute approximate surface area is 155 Å². The normalized spacial score (nSPS) is 11.9. The van der Waals surface area contributed by atoms with Gasteiger partial charge in [0.25, 0.3) is 5.91 Å². The van der Waals surface area contributed by atoms with Gasteiger partial charge in [-0.3, -0.25) is 9.36 Å². The first-order valence-electron chi connectivity index (χ1n) is 6.67. The highest BCUT2D eigenvalue weighted by atomic mass is 79.9. The van der Waals surface area contributed by atoms with Crippen molar-refractivity contribution >= 4 is 47.3 Å². The van der Waals surface area contributed by atoms with Crippen LogP contribution in [0.25, 0.3) is 10.9 Å². The second-order valence-electron chi connectivity index (χ2n) is 5.33. The first kappa shape index (κ1) is 22.2. The van der Waals surface area contributed by atoms with E-state index in [4.69, 9.17) is 21.3 Å². The Bertz CT molecular complexity index is 932. The highest BCUT2D eigenvalue weighted by Crippen LogP contribution is 2.42. The summed E-state index contributed by atoms with van der Waals surface area (Å²) >= 11 is 0. The number of aliphatic imine (C=N–C) groups is 1. The van der Waals surface area contributed by atoms with Gasteiger partial charge in [-0.1, -0.05) is 0 Å². The molecule has 26 heavy (non-hydrogen) atoms. The number of hydrogen-bond donors (Lipinski definition) is 4. The average Bonchev–Trinajstić information content (AvgIpc) is 2.72. The van der Waals surface area contributed by atoms with Crippen LogP contribution >= 0.6 is 24.6 Å². The van der Waals surface area contributed by atoms with E-state index >= 15 is 0 Å². The maximum atomic E-state index is 13.3. The lowest BCUT2D eigenvalue weighted by Crippen LogP contribution is -2.24. The van der Waals surface area contributed by atoms with Gasteiger partial charge in [0.2, 0.25) is 0 Å². The van der Waals surface area contributed by atoms with Crippen molar-refractivity contribution in [1.82, 2.24) is 4.57 Å². The monoisotopic (exact) mass is 458 g/mol. The molecule has 0 saturated heterocycles. The largest absolute Gasteiger partial charge is 0.417 e. The fourth-order valence-corrected chi connectivity index (χ4v) is 3.09. The summed E-state index contributed by atoms with van der Waals surface area (Å²) in [5, 5.41) is -0.307. The predicted octanol–water partition coefficient (Wildman–Crippen LogP) is 1.87. The summed E-state index contributed by atoms with van der Waals surface area (Å²) in [6, 6.07) is 2.81. The van der Waals surface area contributed by atoms with E-state index in [0.29, 0.717) is 6.07 Å². The van der Waals surface area contributed by atoms with Crippen molar-refractivity contribution in [2.45, 2.75) is 12.3 Å². The van der Waals surface area contributed by atoms with Crippen LogP contribution in [0.4, 0.5) is 13.2 Å². The molecule has 2 rings (SSSR count). The molecule has 144 valence electrons. The summed E-state index contributed by atoms with van der Waals surface area (Å²) in [5.74, 6) is -1.49. The highest BCUT2D eigenvalue weighted by molar-refractivity contribution is 8.93. The Morgan fingerprint density at radius 3 is 2.31 bits per heavy atom. The van der Waals surface area contributed by atoms with E-state index < -0.39 is 37.4 Å². The molecule has 1 heterocycles. The van der Waals surface area contributed by atoms with Crippen molar-refractivity contribution in [3.8, 4) is 0 Å². The smallest absolute Gasteiger partial charge is 0.370 e. The van der Waals surface area contributed by atoms with E-state index in [1.165, 1.54) is 13.1 Å². The van der Waals surface area contributed by atoms with Crippen LogP contribution in [-0.2, 0) is 24.0 Å². The van der Waals surface area contributed by atoms with Crippen molar-refractivity contribution in [3.63, 3.8) is 0 Å². The predicted molar refractivity (Wildman–Crippen MR) is 94.1 cm³/mol. The summed E-state index contributed by atoms with van der Waals surface area (Å²) in [6.45, 7) is 0. The molecule has 1 amide bonds. The van der Waals surface area contributed by atoms with Crippen LogP contribution < -0.4 is 11.5 Å². The molecule has 6 N–H and O–H groups in total. The number of carbonyl (C=O) groups is 1. The fraction of sp³-hybridized carbons (Fsp3) is 0.231. The molecular formula is C13H15BrF3N4O4P. The van der Waals surface area contributed by atoms with Crippen LogP contribution in [0.5, 0.6) is 0 Å². The van der Waals surface area contributed by atoms with E-state index in [0.717, 1.165) is 10.6 Å². The lowest BCUT2D eigenvalue weighted by molar-refractivity contribution is -0.136. The number of fused-ring (bicyclic) bond motifs is 1. The lowest BCUT2D eigenvalue weighted by atomic mass is 10.1. The van der Waals surface area contributed by atoms with Crippen molar-refractivity contribution in [1.29, 1.82) is 0 Å². The maximum Gasteiger partial charge on any atom is 0.417 e. The number of rotatable bonds is 3. The van der Waals surface area contributed by atoms with Gasteiger partial charge in [-0.2, -0.15) is 18.2 Å². The van der Waals surface area contributed by atoms with Gasteiger partial charge in [0.1, 0.15) is 5.69 Å². The minimum absolute atomic E-state index is 0. The SMILES string of the molecule is Br.Cn1c(C(=O)N=C(N)N)cc2c(C(F)(F)F)cc(CP(=O)(O)O)cc21. The third kappa shape index (κ3) is 4.85. The Kier molecular flexibility index (Phi) is 6.30. The number of alkyl halides is 3. The van der Waals surface area contributed by atoms with Crippen LogP contribution in [0.1, 0.15) is 21.6 Å². The third-order valence-corrected chi connectivity index (χ3v) is 4.14. The number of benzene rings is 1. The molecule has 0 saturated carbocycles. The van der Waals surface area contributed by atoms with Gasteiger partial charge in [-0.05, 0) is 23.8 Å². The molecule has 0 fully saturated rings. The van der Waals surface area contributed by atoms with Gasteiger partial charge >= 0.3 is 13.8 Å². The zero-order valence-electron chi connectivity index (χ0n) is 13.2. The van der Waals surface area contributed by atoms with Gasteiger partial charge in [0, 0.05) is 18.0 Å². The number of guanidine groups is 1. The van der Waals surface area contributed by atoms with Crippen molar-refractivity contribution in [2.75, 3.05) is 0 Å². The molecule has 0 spiro atoms. The van der Waals surface area contributed by atoms with Gasteiger partial charge in [-0.15, -0.1) is 17.0 Å². The number of nitrogens with two attached hydrogens (primary N) is 2. The minimum atomic E-state index is -4.79. The van der Waals surface area contributed by atoms with Crippen molar-refractivity contribution in [3.05, 3.63) is 35.0 Å².